The first-order valence-corrected chi connectivity index (χ1v) is 7.89. The van der Waals surface area contributed by atoms with Crippen molar-refractivity contribution in [1.82, 2.24) is 10.6 Å². The van der Waals surface area contributed by atoms with Crippen LogP contribution in [0.4, 0.5) is 0 Å². The molecule has 2 nitrogen and oxygen atoms in total. The molecule has 0 aromatic heterocycles. The first kappa shape index (κ1) is 13.8. The third-order valence-electron chi connectivity index (χ3n) is 3.89. The molecular formula is C17H19BrN2. The molecule has 0 spiro atoms. The van der Waals surface area contributed by atoms with E-state index < -0.39 is 0 Å². The van der Waals surface area contributed by atoms with Gasteiger partial charge < -0.3 is 10.6 Å². The molecule has 1 aliphatic rings. The van der Waals surface area contributed by atoms with E-state index in [0.717, 1.165) is 13.1 Å². The van der Waals surface area contributed by atoms with Gasteiger partial charge in [0.05, 0.1) is 0 Å². The molecule has 0 amide bonds. The molecule has 20 heavy (non-hydrogen) atoms. The summed E-state index contributed by atoms with van der Waals surface area (Å²) in [6.45, 7) is 1.98. The van der Waals surface area contributed by atoms with Crippen LogP contribution < -0.4 is 10.6 Å². The van der Waals surface area contributed by atoms with Crippen molar-refractivity contribution in [3.05, 3.63) is 70.2 Å². The standard InChI is InChI=1S/C17H19BrN2/c18-15-9-5-4-8-14(15)12-20-16-10-11-19-17(16)13-6-2-1-3-7-13/h1-9,16-17,19-20H,10-12H2/t16-,17-/m1/s1. The minimum absolute atomic E-state index is 0.415. The Balaban J connectivity index is 1.67. The summed E-state index contributed by atoms with van der Waals surface area (Å²) >= 11 is 3.61. The SMILES string of the molecule is Brc1ccccc1CN[C@@H]1CCN[C@@H]1c1ccccc1. The predicted molar refractivity (Wildman–Crippen MR) is 86.6 cm³/mol. The highest BCUT2D eigenvalue weighted by atomic mass is 79.9. The van der Waals surface area contributed by atoms with E-state index in [9.17, 15) is 0 Å². The van der Waals surface area contributed by atoms with Crippen molar-refractivity contribution in [1.29, 1.82) is 0 Å². The van der Waals surface area contributed by atoms with Gasteiger partial charge in [0.15, 0.2) is 0 Å². The molecule has 2 aromatic carbocycles. The monoisotopic (exact) mass is 330 g/mol. The van der Waals surface area contributed by atoms with Gasteiger partial charge in [-0.1, -0.05) is 64.5 Å². The lowest BCUT2D eigenvalue weighted by molar-refractivity contribution is 0.460. The molecule has 1 saturated heterocycles. The van der Waals surface area contributed by atoms with Crippen molar-refractivity contribution in [3.63, 3.8) is 0 Å². The fraction of sp³-hybridized carbons (Fsp3) is 0.294. The number of benzene rings is 2. The highest BCUT2D eigenvalue weighted by molar-refractivity contribution is 9.10. The lowest BCUT2D eigenvalue weighted by Crippen LogP contribution is -2.34. The molecule has 0 unspecified atom stereocenters. The van der Waals surface area contributed by atoms with Crippen molar-refractivity contribution < 1.29 is 0 Å². The van der Waals surface area contributed by atoms with Crippen LogP contribution in [0, 0.1) is 0 Å². The molecule has 3 rings (SSSR count). The summed E-state index contributed by atoms with van der Waals surface area (Å²) in [6.07, 6.45) is 1.17. The molecular weight excluding hydrogens is 312 g/mol. The third-order valence-corrected chi connectivity index (χ3v) is 4.67. The van der Waals surface area contributed by atoms with Gasteiger partial charge in [-0.15, -0.1) is 0 Å². The highest BCUT2D eigenvalue weighted by Gasteiger charge is 2.27. The second-order valence-electron chi connectivity index (χ2n) is 5.21. The summed E-state index contributed by atoms with van der Waals surface area (Å²) in [5.74, 6) is 0. The van der Waals surface area contributed by atoms with Crippen LogP contribution in [0.25, 0.3) is 0 Å². The van der Waals surface area contributed by atoms with Gasteiger partial charge in [-0.3, -0.25) is 0 Å². The second-order valence-corrected chi connectivity index (χ2v) is 6.06. The molecule has 3 heteroatoms. The van der Waals surface area contributed by atoms with Crippen molar-refractivity contribution in [3.8, 4) is 0 Å². The van der Waals surface area contributed by atoms with Crippen molar-refractivity contribution in [2.45, 2.75) is 25.0 Å². The Morgan fingerprint density at radius 3 is 2.60 bits per heavy atom. The minimum Gasteiger partial charge on any atom is -0.309 e. The van der Waals surface area contributed by atoms with Crippen molar-refractivity contribution in [2.75, 3.05) is 6.54 Å². The van der Waals surface area contributed by atoms with Crippen LogP contribution in [-0.2, 0) is 6.54 Å². The van der Waals surface area contributed by atoms with Gasteiger partial charge >= 0.3 is 0 Å². The van der Waals surface area contributed by atoms with Gasteiger partial charge in [0.25, 0.3) is 0 Å². The van der Waals surface area contributed by atoms with Crippen molar-refractivity contribution >= 4 is 15.9 Å². The normalized spacial score (nSPS) is 22.1. The minimum atomic E-state index is 0.415. The lowest BCUT2D eigenvalue weighted by atomic mass is 10.0. The zero-order valence-electron chi connectivity index (χ0n) is 11.4. The average molecular weight is 331 g/mol. The number of nitrogens with one attached hydrogen (secondary N) is 2. The lowest BCUT2D eigenvalue weighted by Gasteiger charge is -2.21. The smallest absolute Gasteiger partial charge is 0.0476 e. The molecule has 2 atom stereocenters. The molecule has 0 bridgehead atoms. The van der Waals surface area contributed by atoms with E-state index in [1.165, 1.54) is 22.0 Å². The van der Waals surface area contributed by atoms with Gasteiger partial charge in [-0.25, -0.2) is 0 Å². The van der Waals surface area contributed by atoms with E-state index in [1.54, 1.807) is 0 Å². The van der Waals surface area contributed by atoms with Gasteiger partial charge in [-0.05, 0) is 30.2 Å². The Morgan fingerprint density at radius 2 is 1.80 bits per heavy atom. The Hall–Kier alpha value is -1.16. The third kappa shape index (κ3) is 3.11. The number of hydrogen-bond acceptors (Lipinski definition) is 2. The first-order chi connectivity index (χ1) is 9.84. The maximum absolute atomic E-state index is 3.69. The van der Waals surface area contributed by atoms with E-state index in [2.05, 4.69) is 81.2 Å². The molecule has 0 radical (unpaired) electrons. The van der Waals surface area contributed by atoms with Gasteiger partial charge in [-0.2, -0.15) is 0 Å². The maximum atomic E-state index is 3.69. The Labute approximate surface area is 128 Å². The van der Waals surface area contributed by atoms with Crippen LogP contribution in [-0.4, -0.2) is 12.6 Å². The van der Waals surface area contributed by atoms with Gasteiger partial charge in [0.2, 0.25) is 0 Å². The Bertz CT molecular complexity index is 556. The molecule has 2 N–H and O–H groups in total. The fourth-order valence-electron chi connectivity index (χ4n) is 2.82. The van der Waals surface area contributed by atoms with E-state index in [1.807, 2.05) is 0 Å². The van der Waals surface area contributed by atoms with Crippen LogP contribution in [0.5, 0.6) is 0 Å². The Kier molecular flexibility index (Phi) is 4.51. The zero-order valence-corrected chi connectivity index (χ0v) is 12.9. The molecule has 0 aliphatic carbocycles. The van der Waals surface area contributed by atoms with Crippen LogP contribution in [0.2, 0.25) is 0 Å². The first-order valence-electron chi connectivity index (χ1n) is 7.10. The fourth-order valence-corrected chi connectivity index (χ4v) is 3.24. The zero-order chi connectivity index (χ0) is 13.8. The number of hydrogen-bond donors (Lipinski definition) is 2. The molecule has 1 heterocycles. The number of halogens is 1. The molecule has 0 saturated carbocycles. The summed E-state index contributed by atoms with van der Waals surface area (Å²) in [5, 5.41) is 7.29. The van der Waals surface area contributed by atoms with Crippen LogP contribution in [0.3, 0.4) is 0 Å². The average Bonchev–Trinajstić information content (AvgIpc) is 2.96. The van der Waals surface area contributed by atoms with Gasteiger partial charge in [0.1, 0.15) is 0 Å². The molecule has 2 aromatic rings. The van der Waals surface area contributed by atoms with Crippen molar-refractivity contribution in [2.24, 2.45) is 0 Å². The summed E-state index contributed by atoms with van der Waals surface area (Å²) in [7, 11) is 0. The summed E-state index contributed by atoms with van der Waals surface area (Å²) in [4.78, 5) is 0. The Morgan fingerprint density at radius 1 is 1.05 bits per heavy atom. The predicted octanol–water partition coefficient (Wildman–Crippen LogP) is 3.64. The van der Waals surface area contributed by atoms with E-state index in [4.69, 9.17) is 0 Å². The van der Waals surface area contributed by atoms with Gasteiger partial charge in [0, 0.05) is 23.1 Å². The second kappa shape index (κ2) is 6.53. The van der Waals surface area contributed by atoms with E-state index in [-0.39, 0.29) is 0 Å². The van der Waals surface area contributed by atoms with Crippen LogP contribution in [0.15, 0.2) is 59.1 Å². The molecule has 1 fully saturated rings. The summed E-state index contributed by atoms with van der Waals surface area (Å²) in [6, 6.07) is 20.0. The van der Waals surface area contributed by atoms with E-state index in [0.29, 0.717) is 12.1 Å². The van der Waals surface area contributed by atoms with E-state index >= 15 is 0 Å². The highest BCUT2D eigenvalue weighted by Crippen LogP contribution is 2.24. The largest absolute Gasteiger partial charge is 0.309 e. The molecule has 1 aliphatic heterocycles. The quantitative estimate of drug-likeness (QED) is 0.894. The summed E-state index contributed by atoms with van der Waals surface area (Å²) < 4.78 is 1.18. The maximum Gasteiger partial charge on any atom is 0.0476 e. The van der Waals surface area contributed by atoms with Crippen LogP contribution in [0.1, 0.15) is 23.6 Å². The topological polar surface area (TPSA) is 24.1 Å². The van der Waals surface area contributed by atoms with Crippen LogP contribution >= 0.6 is 15.9 Å². The number of rotatable bonds is 4. The summed E-state index contributed by atoms with van der Waals surface area (Å²) in [5.41, 5.74) is 2.68. The molecule has 104 valence electrons.